The van der Waals surface area contributed by atoms with E-state index < -0.39 is 0 Å². The molecule has 0 aliphatic carbocycles. The molecule has 2 rings (SSSR count). The lowest BCUT2D eigenvalue weighted by Gasteiger charge is -2.23. The van der Waals surface area contributed by atoms with Gasteiger partial charge in [-0.25, -0.2) is 4.68 Å². The van der Waals surface area contributed by atoms with Crippen LogP contribution >= 0.6 is 0 Å². The van der Waals surface area contributed by atoms with Crippen LogP contribution in [0.25, 0.3) is 5.69 Å². The minimum absolute atomic E-state index is 0.273. The lowest BCUT2D eigenvalue weighted by Crippen LogP contribution is -2.26. The van der Waals surface area contributed by atoms with Gasteiger partial charge in [0.1, 0.15) is 0 Å². The average Bonchev–Trinajstić information content (AvgIpc) is 2.90. The summed E-state index contributed by atoms with van der Waals surface area (Å²) in [7, 11) is 2.00. The Kier molecular flexibility index (Phi) is 4.68. The third-order valence-corrected chi connectivity index (χ3v) is 3.52. The molecule has 0 fully saturated rings. The van der Waals surface area contributed by atoms with E-state index in [1.165, 1.54) is 12.8 Å². The number of nitrogens with one attached hydrogen (secondary N) is 1. The maximum Gasteiger partial charge on any atom is 0.0817 e. The van der Waals surface area contributed by atoms with Gasteiger partial charge < -0.3 is 5.32 Å². The van der Waals surface area contributed by atoms with Crippen LogP contribution in [0.2, 0.25) is 0 Å². The van der Waals surface area contributed by atoms with E-state index in [-0.39, 0.29) is 6.04 Å². The summed E-state index contributed by atoms with van der Waals surface area (Å²) in [4.78, 5) is 0. The summed E-state index contributed by atoms with van der Waals surface area (Å²) < 4.78 is 1.92. The van der Waals surface area contributed by atoms with Crippen LogP contribution in [0.15, 0.2) is 36.5 Å². The summed E-state index contributed by atoms with van der Waals surface area (Å²) in [6.07, 6.45) is 4.23. The predicted octanol–water partition coefficient (Wildman–Crippen LogP) is 2.96. The second-order valence-corrected chi connectivity index (χ2v) is 4.94. The monoisotopic (exact) mass is 258 g/mol. The number of rotatable bonds is 6. The van der Waals surface area contributed by atoms with Crippen LogP contribution in [0, 0.1) is 5.92 Å². The van der Waals surface area contributed by atoms with E-state index in [4.69, 9.17) is 0 Å². The van der Waals surface area contributed by atoms with Crippen LogP contribution < -0.4 is 5.32 Å². The zero-order chi connectivity index (χ0) is 13.7. The molecule has 1 aromatic heterocycles. The smallest absolute Gasteiger partial charge is 0.0817 e. The first-order chi connectivity index (χ1) is 9.27. The maximum atomic E-state index is 4.22. The second-order valence-electron chi connectivity index (χ2n) is 4.94. The van der Waals surface area contributed by atoms with E-state index in [2.05, 4.69) is 41.6 Å². The van der Waals surface area contributed by atoms with E-state index in [9.17, 15) is 0 Å². The van der Waals surface area contributed by atoms with Crippen molar-refractivity contribution in [1.82, 2.24) is 20.3 Å². The number of para-hydroxylation sites is 1. The van der Waals surface area contributed by atoms with Crippen molar-refractivity contribution in [3.8, 4) is 5.69 Å². The average molecular weight is 258 g/mol. The first kappa shape index (κ1) is 13.7. The molecule has 0 amide bonds. The molecule has 2 unspecified atom stereocenters. The van der Waals surface area contributed by atoms with Gasteiger partial charge in [0, 0.05) is 0 Å². The molecule has 2 atom stereocenters. The number of hydrogen-bond donors (Lipinski definition) is 1. The third kappa shape index (κ3) is 3.01. The van der Waals surface area contributed by atoms with E-state index >= 15 is 0 Å². The van der Waals surface area contributed by atoms with Crippen molar-refractivity contribution in [2.45, 2.75) is 32.7 Å². The van der Waals surface area contributed by atoms with Gasteiger partial charge in [0.15, 0.2) is 0 Å². The minimum atomic E-state index is 0.273. The van der Waals surface area contributed by atoms with Gasteiger partial charge in [-0.15, -0.1) is 5.10 Å². The van der Waals surface area contributed by atoms with Crippen molar-refractivity contribution in [2.75, 3.05) is 7.05 Å². The zero-order valence-corrected chi connectivity index (χ0v) is 11.9. The summed E-state index contributed by atoms with van der Waals surface area (Å²) in [6.45, 7) is 4.49. The number of hydrogen-bond acceptors (Lipinski definition) is 3. The summed E-state index contributed by atoms with van der Waals surface area (Å²) in [5, 5.41) is 11.7. The van der Waals surface area contributed by atoms with Crippen LogP contribution in [0.4, 0.5) is 0 Å². The molecule has 0 saturated heterocycles. The molecular formula is C15H22N4. The summed E-state index contributed by atoms with van der Waals surface area (Å²) in [5.41, 5.74) is 2.17. The van der Waals surface area contributed by atoms with E-state index in [0.717, 1.165) is 11.4 Å². The summed E-state index contributed by atoms with van der Waals surface area (Å²) in [5.74, 6) is 0.552. The Bertz CT molecular complexity index is 492. The van der Waals surface area contributed by atoms with Crippen molar-refractivity contribution >= 4 is 0 Å². The Morgan fingerprint density at radius 3 is 2.63 bits per heavy atom. The molecule has 19 heavy (non-hydrogen) atoms. The molecule has 0 aliphatic rings. The topological polar surface area (TPSA) is 42.7 Å². The van der Waals surface area contributed by atoms with Gasteiger partial charge >= 0.3 is 0 Å². The van der Waals surface area contributed by atoms with Gasteiger partial charge in [-0.05, 0) is 31.5 Å². The Balaban J connectivity index is 2.32. The van der Waals surface area contributed by atoms with Gasteiger partial charge in [-0.1, -0.05) is 43.7 Å². The highest BCUT2D eigenvalue weighted by Gasteiger charge is 2.21. The first-order valence-electron chi connectivity index (χ1n) is 6.91. The van der Waals surface area contributed by atoms with E-state index in [1.54, 1.807) is 0 Å². The van der Waals surface area contributed by atoms with Crippen molar-refractivity contribution in [3.05, 3.63) is 42.2 Å². The first-order valence-corrected chi connectivity index (χ1v) is 6.91. The van der Waals surface area contributed by atoms with Gasteiger partial charge in [0.25, 0.3) is 0 Å². The van der Waals surface area contributed by atoms with Crippen LogP contribution in [-0.4, -0.2) is 22.0 Å². The lowest BCUT2D eigenvalue weighted by atomic mass is 9.94. The fraction of sp³-hybridized carbons (Fsp3) is 0.467. The molecule has 0 aliphatic heterocycles. The van der Waals surface area contributed by atoms with Crippen molar-refractivity contribution in [1.29, 1.82) is 0 Å². The lowest BCUT2D eigenvalue weighted by molar-refractivity contribution is 0.371. The highest BCUT2D eigenvalue weighted by atomic mass is 15.4. The van der Waals surface area contributed by atoms with Crippen LogP contribution in [0.1, 0.15) is 38.4 Å². The molecule has 0 radical (unpaired) electrons. The highest BCUT2D eigenvalue weighted by molar-refractivity contribution is 5.32. The van der Waals surface area contributed by atoms with Crippen molar-refractivity contribution in [2.24, 2.45) is 5.92 Å². The van der Waals surface area contributed by atoms with Crippen LogP contribution in [0.5, 0.6) is 0 Å². The van der Waals surface area contributed by atoms with E-state index in [0.29, 0.717) is 5.92 Å². The molecule has 4 nitrogen and oxygen atoms in total. The predicted molar refractivity (Wildman–Crippen MR) is 77.2 cm³/mol. The molecule has 1 N–H and O–H groups in total. The van der Waals surface area contributed by atoms with Gasteiger partial charge in [0.05, 0.1) is 23.6 Å². The van der Waals surface area contributed by atoms with Gasteiger partial charge in [-0.3, -0.25) is 0 Å². The number of nitrogens with zero attached hydrogens (tertiary/aromatic N) is 3. The SMILES string of the molecule is CCCC(C)C(NC)c1cnnn1-c1ccccc1. The molecule has 0 saturated carbocycles. The second kappa shape index (κ2) is 6.48. The fourth-order valence-corrected chi connectivity index (χ4v) is 2.57. The quantitative estimate of drug-likeness (QED) is 0.866. The number of aromatic nitrogens is 3. The van der Waals surface area contributed by atoms with Crippen LogP contribution in [-0.2, 0) is 0 Å². The molecule has 4 heteroatoms. The molecule has 102 valence electrons. The Morgan fingerprint density at radius 2 is 2.00 bits per heavy atom. The highest BCUT2D eigenvalue weighted by Crippen LogP contribution is 2.26. The van der Waals surface area contributed by atoms with Gasteiger partial charge in [0.2, 0.25) is 0 Å². The zero-order valence-electron chi connectivity index (χ0n) is 11.9. The molecule has 0 spiro atoms. The van der Waals surface area contributed by atoms with Gasteiger partial charge in [-0.2, -0.15) is 0 Å². The molecule has 0 bridgehead atoms. The summed E-state index contributed by atoms with van der Waals surface area (Å²) in [6, 6.07) is 10.4. The number of benzene rings is 1. The normalized spacial score (nSPS) is 14.3. The molecular weight excluding hydrogens is 236 g/mol. The van der Waals surface area contributed by atoms with E-state index in [1.807, 2.05) is 36.1 Å². The maximum absolute atomic E-state index is 4.22. The Morgan fingerprint density at radius 1 is 1.26 bits per heavy atom. The van der Waals surface area contributed by atoms with Crippen LogP contribution in [0.3, 0.4) is 0 Å². The standard InChI is InChI=1S/C15H22N4/c1-4-8-12(2)15(16-3)14-11-17-18-19(14)13-9-6-5-7-10-13/h5-7,9-12,15-16H,4,8H2,1-3H3. The minimum Gasteiger partial charge on any atom is -0.311 e. The van der Waals surface area contributed by atoms with Crippen molar-refractivity contribution < 1.29 is 0 Å². The summed E-state index contributed by atoms with van der Waals surface area (Å²) >= 11 is 0. The molecule has 2 aromatic rings. The Hall–Kier alpha value is -1.68. The third-order valence-electron chi connectivity index (χ3n) is 3.52. The molecule has 1 heterocycles. The fourth-order valence-electron chi connectivity index (χ4n) is 2.57. The van der Waals surface area contributed by atoms with Crippen molar-refractivity contribution in [3.63, 3.8) is 0 Å². The largest absolute Gasteiger partial charge is 0.311 e. The Labute approximate surface area is 114 Å². The molecule has 1 aromatic carbocycles.